The Bertz CT molecular complexity index is 1460. The fraction of sp³-hybridized carbons (Fsp3) is 0.828. The smallest absolute Gasteiger partial charge is 0.462 e. The maximum absolute atomic E-state index is 12.9. The van der Waals surface area contributed by atoms with E-state index in [4.69, 9.17) is 23.3 Å². The van der Waals surface area contributed by atoms with Crippen LogP contribution in [0.3, 0.4) is 0 Å². The molecule has 0 fully saturated rings. The number of aliphatic hydroxyl groups excluding tert-OH is 1. The largest absolute Gasteiger partial charge is 0.472 e. The van der Waals surface area contributed by atoms with E-state index in [0.29, 0.717) is 19.3 Å². The van der Waals surface area contributed by atoms with E-state index in [9.17, 15) is 28.9 Å². The molecular weight excluding hydrogens is 976 g/mol. The zero-order valence-electron chi connectivity index (χ0n) is 49.2. The molecule has 0 amide bonds. The zero-order valence-corrected chi connectivity index (χ0v) is 50.1. The summed E-state index contributed by atoms with van der Waals surface area (Å²) in [4.78, 5) is 48.7. The molecule has 0 saturated heterocycles. The zero-order chi connectivity index (χ0) is 55.5. The molecule has 3 unspecified atom stereocenters. The fourth-order valence-electron chi connectivity index (χ4n) is 8.90. The van der Waals surface area contributed by atoms with Gasteiger partial charge in [0.25, 0.3) is 0 Å². The van der Waals surface area contributed by atoms with Crippen LogP contribution in [0.15, 0.2) is 48.6 Å². The molecule has 0 spiro atoms. The quantitative estimate of drug-likeness (QED) is 0.0197. The van der Waals surface area contributed by atoms with Crippen LogP contribution in [0.5, 0.6) is 0 Å². The third-order valence-corrected chi connectivity index (χ3v) is 14.7. The number of carbonyl (C=O) groups is 3. The predicted octanol–water partition coefficient (Wildman–Crippen LogP) is 18.9. The average Bonchev–Trinajstić information content (AvgIpc) is 3.41. The number of rotatable bonds is 59. The van der Waals surface area contributed by atoms with Gasteiger partial charge in [0.15, 0.2) is 6.10 Å². The lowest BCUT2D eigenvalue weighted by molar-refractivity contribution is -0.161. The van der Waals surface area contributed by atoms with Gasteiger partial charge in [-0.25, -0.2) is 4.57 Å². The van der Waals surface area contributed by atoms with E-state index < -0.39 is 57.8 Å². The summed E-state index contributed by atoms with van der Waals surface area (Å²) in [6.07, 6.45) is 63.5. The van der Waals surface area contributed by atoms with Gasteiger partial charge in [-0.15, -0.1) is 0 Å². The minimum atomic E-state index is -4.75. The molecule has 0 aliphatic rings. The highest BCUT2D eigenvalue weighted by atomic mass is 31.2. The van der Waals surface area contributed by atoms with E-state index in [1.54, 1.807) is 0 Å². The van der Waals surface area contributed by atoms with Crippen molar-refractivity contribution < 1.29 is 52.2 Å². The average molecular weight is 1090 g/mol. The fourth-order valence-corrected chi connectivity index (χ4v) is 9.68. The summed E-state index contributed by atoms with van der Waals surface area (Å²) in [6, 6.07) is 0. The molecule has 12 heteroatoms. The van der Waals surface area contributed by atoms with Crippen LogP contribution in [-0.2, 0) is 42.2 Å². The Hall–Kier alpha value is -2.56. The summed E-state index contributed by atoms with van der Waals surface area (Å²) in [5.41, 5.74) is 0. The van der Waals surface area contributed by atoms with Crippen molar-refractivity contribution >= 4 is 25.7 Å². The summed E-state index contributed by atoms with van der Waals surface area (Å²) >= 11 is 0. The molecule has 0 aliphatic carbocycles. The third kappa shape index (κ3) is 56.2. The van der Waals surface area contributed by atoms with Gasteiger partial charge in [0.2, 0.25) is 0 Å². The Labute approximate surface area is 466 Å². The Morgan fingerprint density at radius 3 is 1.05 bits per heavy atom. The molecule has 0 saturated carbocycles. The van der Waals surface area contributed by atoms with Crippen molar-refractivity contribution in [1.29, 1.82) is 0 Å². The summed E-state index contributed by atoms with van der Waals surface area (Å²) in [5, 5.41) is 9.84. The summed E-state index contributed by atoms with van der Waals surface area (Å²) in [5.74, 6) is -1.47. The third-order valence-electron chi connectivity index (χ3n) is 13.7. The van der Waals surface area contributed by atoms with E-state index in [2.05, 4.69) is 69.4 Å². The van der Waals surface area contributed by atoms with E-state index in [1.807, 2.05) is 0 Å². The molecule has 3 atom stereocenters. The maximum atomic E-state index is 12.9. The van der Waals surface area contributed by atoms with Gasteiger partial charge >= 0.3 is 25.7 Å². The van der Waals surface area contributed by atoms with E-state index >= 15 is 0 Å². The van der Waals surface area contributed by atoms with Crippen LogP contribution in [0.2, 0.25) is 0 Å². The minimum absolute atomic E-state index is 0.161. The lowest BCUT2D eigenvalue weighted by Crippen LogP contribution is -2.30. The van der Waals surface area contributed by atoms with E-state index in [0.717, 1.165) is 96.3 Å². The molecule has 0 aromatic heterocycles. The highest BCUT2D eigenvalue weighted by Crippen LogP contribution is 2.43. The van der Waals surface area contributed by atoms with E-state index in [1.165, 1.54) is 148 Å². The van der Waals surface area contributed by atoms with Crippen LogP contribution < -0.4 is 0 Å². The van der Waals surface area contributed by atoms with Crippen molar-refractivity contribution in [1.82, 2.24) is 0 Å². The molecule has 0 bridgehead atoms. The number of esters is 3. The van der Waals surface area contributed by atoms with Crippen LogP contribution in [0.1, 0.15) is 303 Å². The maximum Gasteiger partial charge on any atom is 0.472 e. The Balaban J connectivity index is 4.65. The van der Waals surface area contributed by atoms with Crippen molar-refractivity contribution in [2.24, 2.45) is 0 Å². The molecule has 2 N–H and O–H groups in total. The van der Waals surface area contributed by atoms with Crippen molar-refractivity contribution in [3.05, 3.63) is 48.6 Å². The normalized spacial score (nSPS) is 13.6. The molecule has 0 radical (unpaired) electrons. The van der Waals surface area contributed by atoms with Gasteiger partial charge in [-0.2, -0.15) is 0 Å². The van der Waals surface area contributed by atoms with Gasteiger partial charge in [-0.3, -0.25) is 23.4 Å². The molecule has 11 nitrogen and oxygen atoms in total. The number of phosphoric ester groups is 1. The van der Waals surface area contributed by atoms with Crippen LogP contribution in [0.25, 0.3) is 0 Å². The molecule has 0 heterocycles. The topological polar surface area (TPSA) is 155 Å². The number of phosphoric acid groups is 1. The number of aliphatic hydroxyl groups is 1. The first-order valence-corrected chi connectivity index (χ1v) is 33.0. The number of hydrogen-bond acceptors (Lipinski definition) is 10. The minimum Gasteiger partial charge on any atom is -0.462 e. The Morgan fingerprint density at radius 2 is 0.671 bits per heavy atom. The molecule has 0 aromatic rings. The monoisotopic (exact) mass is 1090 g/mol. The van der Waals surface area contributed by atoms with Crippen LogP contribution in [0.4, 0.5) is 0 Å². The SMILES string of the molecule is CCC/C=C\C/C=C\CCCCCCCC(=O)OCC(COP(=O)(O)OCC(CO)OC(=O)CCCCCCCCCCCCCCCCCCC)OC(=O)CCCCCCCCCCC/C=C\C/C=C\CCCCC. The number of unbranched alkanes of at least 4 members (excludes halogenated alkanes) is 34. The second-order valence-electron chi connectivity index (χ2n) is 21.2. The molecule has 76 heavy (non-hydrogen) atoms. The molecule has 0 rings (SSSR count). The van der Waals surface area contributed by atoms with Crippen molar-refractivity contribution in [2.75, 3.05) is 26.4 Å². The van der Waals surface area contributed by atoms with Crippen LogP contribution in [0, 0.1) is 0 Å². The van der Waals surface area contributed by atoms with Gasteiger partial charge < -0.3 is 24.2 Å². The van der Waals surface area contributed by atoms with Gasteiger partial charge in [-0.1, -0.05) is 256 Å². The first-order chi connectivity index (χ1) is 37.2. The lowest BCUT2D eigenvalue weighted by Gasteiger charge is -2.21. The lowest BCUT2D eigenvalue weighted by atomic mass is 10.0. The number of carbonyl (C=O) groups excluding carboxylic acids is 3. The van der Waals surface area contributed by atoms with Crippen molar-refractivity contribution in [3.8, 4) is 0 Å². The number of ether oxygens (including phenoxy) is 3. The number of hydrogen-bond donors (Lipinski definition) is 2. The second kappa shape index (κ2) is 58.6. The number of allylic oxidation sites excluding steroid dienone is 8. The highest BCUT2D eigenvalue weighted by Gasteiger charge is 2.28. The summed E-state index contributed by atoms with van der Waals surface area (Å²) < 4.78 is 39.6. The van der Waals surface area contributed by atoms with Crippen LogP contribution >= 0.6 is 7.82 Å². The second-order valence-corrected chi connectivity index (χ2v) is 22.7. The standard InChI is InChI=1S/C64H117O11P/c1-4-7-10-13-16-19-22-25-27-29-30-32-34-37-40-43-46-49-52-55-64(68)75-61(57-71-62(66)53-50-47-44-41-38-35-24-21-18-15-12-9-6-3)59-73-76(69,70)72-58-60(56-65)74-63(67)54-51-48-45-42-39-36-33-31-28-26-23-20-17-14-11-8-5-2/h12,15-16,19,21,24-25,27,60-61,65H,4-11,13-14,17-18,20,22-23,26,28-59H2,1-3H3,(H,69,70)/b15-12-,19-16-,24-21-,27-25-. The highest BCUT2D eigenvalue weighted by molar-refractivity contribution is 7.47. The molecule has 444 valence electrons. The van der Waals surface area contributed by atoms with Crippen molar-refractivity contribution in [3.63, 3.8) is 0 Å². The Morgan fingerprint density at radius 1 is 0.368 bits per heavy atom. The predicted molar refractivity (Wildman–Crippen MR) is 316 cm³/mol. The van der Waals surface area contributed by atoms with E-state index in [-0.39, 0.29) is 25.9 Å². The molecular formula is C64H117O11P. The summed E-state index contributed by atoms with van der Waals surface area (Å²) in [6.45, 7) is 4.59. The first-order valence-electron chi connectivity index (χ1n) is 31.5. The first kappa shape index (κ1) is 73.4. The van der Waals surface area contributed by atoms with Gasteiger partial charge in [0.05, 0.1) is 19.8 Å². The van der Waals surface area contributed by atoms with Gasteiger partial charge in [0.1, 0.15) is 12.7 Å². The molecule has 0 aromatic carbocycles. The molecule has 0 aliphatic heterocycles. The van der Waals surface area contributed by atoms with Crippen LogP contribution in [-0.4, -0.2) is 66.5 Å². The van der Waals surface area contributed by atoms with Crippen molar-refractivity contribution in [2.45, 2.75) is 315 Å². The Kier molecular flexibility index (Phi) is 56.6. The van der Waals surface area contributed by atoms with Gasteiger partial charge in [0, 0.05) is 19.3 Å². The summed E-state index contributed by atoms with van der Waals surface area (Å²) in [7, 11) is -4.75. The van der Waals surface area contributed by atoms with Gasteiger partial charge in [-0.05, 0) is 77.0 Å².